The third-order valence-corrected chi connectivity index (χ3v) is 6.32. The van der Waals surface area contributed by atoms with Gasteiger partial charge in [-0.15, -0.1) is 11.3 Å². The largest absolute Gasteiger partial charge is 0.490 e. The minimum Gasteiger partial charge on any atom is -0.475 e. The number of likely N-dealkylation sites (tertiary alicyclic amines) is 2. The van der Waals surface area contributed by atoms with Crippen LogP contribution < -0.4 is 0 Å². The van der Waals surface area contributed by atoms with Gasteiger partial charge in [-0.05, 0) is 30.6 Å². The molecule has 2 aliphatic heterocycles. The lowest BCUT2D eigenvalue weighted by atomic mass is 10.0. The van der Waals surface area contributed by atoms with Crippen LogP contribution in [0.4, 0.5) is 13.2 Å². The van der Waals surface area contributed by atoms with Crippen LogP contribution in [0.25, 0.3) is 0 Å². The van der Waals surface area contributed by atoms with Crippen LogP contribution >= 0.6 is 11.3 Å². The average Bonchev–Trinajstić information content (AvgIpc) is 3.39. The van der Waals surface area contributed by atoms with Crippen molar-refractivity contribution < 1.29 is 27.9 Å². The Bertz CT molecular complexity index is 663. The van der Waals surface area contributed by atoms with Crippen molar-refractivity contribution in [2.75, 3.05) is 32.7 Å². The van der Waals surface area contributed by atoms with Crippen molar-refractivity contribution >= 4 is 23.2 Å². The quantitative estimate of drug-likeness (QED) is 0.816. The molecular weight excluding hydrogens is 395 g/mol. The van der Waals surface area contributed by atoms with Crippen LogP contribution in [0.5, 0.6) is 0 Å². The summed E-state index contributed by atoms with van der Waals surface area (Å²) in [7, 11) is 0. The predicted molar refractivity (Wildman–Crippen MR) is 97.1 cm³/mol. The number of aromatic nitrogens is 1. The number of rotatable bonds is 3. The molecule has 1 amide bonds. The highest BCUT2D eigenvalue weighted by Crippen LogP contribution is 2.34. The summed E-state index contributed by atoms with van der Waals surface area (Å²) in [6.07, 6.45) is 0.642. The van der Waals surface area contributed by atoms with Gasteiger partial charge in [0.25, 0.3) is 5.91 Å². The molecule has 28 heavy (non-hydrogen) atoms. The Hall–Kier alpha value is -1.68. The number of carbonyl (C=O) groups is 2. The first-order valence-electron chi connectivity index (χ1n) is 9.44. The minimum absolute atomic E-state index is 0.132. The zero-order chi connectivity index (χ0) is 20.3. The molecule has 3 heterocycles. The van der Waals surface area contributed by atoms with E-state index in [2.05, 4.69) is 9.88 Å². The topological polar surface area (TPSA) is 73.7 Å². The second kappa shape index (κ2) is 8.77. The fourth-order valence-electron chi connectivity index (χ4n) is 4.44. The van der Waals surface area contributed by atoms with Crippen molar-refractivity contribution in [1.82, 2.24) is 14.8 Å². The van der Waals surface area contributed by atoms with Crippen LogP contribution in [0.3, 0.4) is 0 Å². The molecule has 2 atom stereocenters. The number of carboxylic acids is 1. The first kappa shape index (κ1) is 21.0. The molecule has 0 spiro atoms. The molecule has 6 nitrogen and oxygen atoms in total. The van der Waals surface area contributed by atoms with E-state index in [1.807, 2.05) is 10.3 Å². The highest BCUT2D eigenvalue weighted by molar-refractivity contribution is 7.07. The van der Waals surface area contributed by atoms with Gasteiger partial charge in [0.2, 0.25) is 0 Å². The third-order valence-electron chi connectivity index (χ3n) is 5.73. The summed E-state index contributed by atoms with van der Waals surface area (Å²) in [6, 6.07) is 0. The van der Waals surface area contributed by atoms with Gasteiger partial charge in [0.05, 0.1) is 5.51 Å². The molecule has 3 fully saturated rings. The highest BCUT2D eigenvalue weighted by atomic mass is 32.1. The normalized spacial score (nSPS) is 25.5. The fourth-order valence-corrected chi connectivity index (χ4v) is 4.97. The van der Waals surface area contributed by atoms with Crippen LogP contribution in [0, 0.1) is 17.8 Å². The van der Waals surface area contributed by atoms with Crippen LogP contribution in [-0.2, 0) is 4.79 Å². The lowest BCUT2D eigenvalue weighted by molar-refractivity contribution is -0.192. The lowest BCUT2D eigenvalue weighted by Crippen LogP contribution is -2.34. The Kier molecular flexibility index (Phi) is 6.59. The molecule has 0 bridgehead atoms. The zero-order valence-electron chi connectivity index (χ0n) is 15.4. The summed E-state index contributed by atoms with van der Waals surface area (Å²) in [5.74, 6) is -0.306. The SMILES string of the molecule is O=C(O)C(F)(F)F.O=C(c1cscn1)N1CC2CN(CC3CCCC3)CC2C1. The Labute approximate surface area is 165 Å². The molecule has 3 aliphatic rings. The molecule has 0 aromatic carbocycles. The smallest absolute Gasteiger partial charge is 0.475 e. The fraction of sp³-hybridized carbons (Fsp3) is 0.722. The van der Waals surface area contributed by atoms with Crippen LogP contribution in [-0.4, -0.2) is 70.7 Å². The number of nitrogens with zero attached hydrogens (tertiary/aromatic N) is 3. The predicted octanol–water partition coefficient (Wildman–Crippen LogP) is 2.97. The van der Waals surface area contributed by atoms with E-state index in [1.54, 1.807) is 5.51 Å². The molecule has 1 aliphatic carbocycles. The molecule has 10 heteroatoms. The van der Waals surface area contributed by atoms with Crippen molar-refractivity contribution in [3.8, 4) is 0 Å². The maximum absolute atomic E-state index is 12.4. The molecule has 2 saturated heterocycles. The molecule has 1 saturated carbocycles. The van der Waals surface area contributed by atoms with Crippen LogP contribution in [0.1, 0.15) is 36.2 Å². The Morgan fingerprint density at radius 2 is 1.71 bits per heavy atom. The van der Waals surface area contributed by atoms with E-state index in [4.69, 9.17) is 9.90 Å². The van der Waals surface area contributed by atoms with Gasteiger partial charge in [-0.1, -0.05) is 12.8 Å². The minimum atomic E-state index is -5.08. The number of alkyl halides is 3. The molecule has 0 radical (unpaired) electrons. The number of hydrogen-bond acceptors (Lipinski definition) is 5. The van der Waals surface area contributed by atoms with Crippen molar-refractivity contribution in [2.24, 2.45) is 17.8 Å². The number of hydrogen-bond donors (Lipinski definition) is 1. The van der Waals surface area contributed by atoms with E-state index in [9.17, 15) is 18.0 Å². The number of halogens is 3. The van der Waals surface area contributed by atoms with E-state index < -0.39 is 12.1 Å². The number of aliphatic carboxylic acids is 1. The number of carbonyl (C=O) groups excluding carboxylic acids is 1. The van der Waals surface area contributed by atoms with Gasteiger partial charge in [-0.2, -0.15) is 13.2 Å². The third kappa shape index (κ3) is 5.22. The number of thiazole rings is 1. The van der Waals surface area contributed by atoms with Crippen LogP contribution in [0.2, 0.25) is 0 Å². The zero-order valence-corrected chi connectivity index (χ0v) is 16.2. The molecule has 1 N–H and O–H groups in total. The lowest BCUT2D eigenvalue weighted by Gasteiger charge is -2.23. The summed E-state index contributed by atoms with van der Waals surface area (Å²) < 4.78 is 31.7. The summed E-state index contributed by atoms with van der Waals surface area (Å²) in [4.78, 5) is 30.1. The molecular formula is C18H24F3N3O3S. The van der Waals surface area contributed by atoms with E-state index in [-0.39, 0.29) is 5.91 Å². The van der Waals surface area contributed by atoms with Crippen molar-refractivity contribution in [2.45, 2.75) is 31.9 Å². The maximum Gasteiger partial charge on any atom is 0.490 e. The second-order valence-electron chi connectivity index (χ2n) is 7.78. The van der Waals surface area contributed by atoms with Crippen LogP contribution in [0.15, 0.2) is 10.9 Å². The summed E-state index contributed by atoms with van der Waals surface area (Å²) in [5, 5.41) is 8.99. The Morgan fingerprint density at radius 1 is 1.14 bits per heavy atom. The van der Waals surface area contributed by atoms with Crippen molar-refractivity contribution in [3.05, 3.63) is 16.6 Å². The van der Waals surface area contributed by atoms with Gasteiger partial charge < -0.3 is 14.9 Å². The van der Waals surface area contributed by atoms with E-state index in [0.717, 1.165) is 19.0 Å². The molecule has 1 aromatic rings. The van der Waals surface area contributed by atoms with Gasteiger partial charge in [0.15, 0.2) is 0 Å². The Balaban J connectivity index is 0.000000279. The summed E-state index contributed by atoms with van der Waals surface area (Å²) in [5.41, 5.74) is 2.37. The van der Waals surface area contributed by atoms with Gasteiger partial charge in [0, 0.05) is 38.1 Å². The first-order chi connectivity index (χ1) is 13.2. The number of amides is 1. The molecule has 2 unspecified atom stereocenters. The van der Waals surface area contributed by atoms with Crippen molar-refractivity contribution in [1.29, 1.82) is 0 Å². The molecule has 4 rings (SSSR count). The first-order valence-corrected chi connectivity index (χ1v) is 10.4. The summed E-state index contributed by atoms with van der Waals surface area (Å²) in [6.45, 7) is 5.56. The maximum atomic E-state index is 12.4. The standard InChI is InChI=1S/C16H23N3OS.C2HF3O2/c20-16(15-10-21-11-17-15)19-8-13-6-18(7-14(13)9-19)5-12-3-1-2-4-12;3-2(4,5)1(6)7/h10-14H,1-9H2;(H,6,7). The van der Waals surface area contributed by atoms with Gasteiger partial charge >= 0.3 is 12.1 Å². The van der Waals surface area contributed by atoms with Gasteiger partial charge in [-0.3, -0.25) is 4.79 Å². The van der Waals surface area contributed by atoms with E-state index >= 15 is 0 Å². The summed E-state index contributed by atoms with van der Waals surface area (Å²) >= 11 is 1.50. The number of carboxylic acid groups (broad SMARTS) is 1. The van der Waals surface area contributed by atoms with Gasteiger partial charge in [0.1, 0.15) is 5.69 Å². The van der Waals surface area contributed by atoms with Gasteiger partial charge in [-0.25, -0.2) is 9.78 Å². The van der Waals surface area contributed by atoms with E-state index in [1.165, 1.54) is 56.7 Å². The molecule has 1 aromatic heterocycles. The van der Waals surface area contributed by atoms with E-state index in [0.29, 0.717) is 17.5 Å². The Morgan fingerprint density at radius 3 is 2.18 bits per heavy atom. The average molecular weight is 419 g/mol. The molecule has 156 valence electrons. The number of fused-ring (bicyclic) bond motifs is 1. The monoisotopic (exact) mass is 419 g/mol. The second-order valence-corrected chi connectivity index (χ2v) is 8.49. The van der Waals surface area contributed by atoms with Crippen molar-refractivity contribution in [3.63, 3.8) is 0 Å². The highest BCUT2D eigenvalue weighted by Gasteiger charge is 2.42.